The molecule has 1 nitrogen and oxygen atoms in total. The Balaban J connectivity index is 2.65. The molecule has 2 heteroatoms. The monoisotopic (exact) mass is 207 g/mol. The van der Waals surface area contributed by atoms with Gasteiger partial charge in [-0.05, 0) is 26.4 Å². The average molecular weight is 208 g/mol. The molecule has 0 aliphatic carbocycles. The van der Waals surface area contributed by atoms with Crippen LogP contribution < -0.4 is 5.32 Å². The molecule has 0 saturated carbocycles. The van der Waals surface area contributed by atoms with Gasteiger partial charge in [0.2, 0.25) is 0 Å². The van der Waals surface area contributed by atoms with Gasteiger partial charge in [0.1, 0.15) is 0 Å². The molecular formula is C8H18BrN. The summed E-state index contributed by atoms with van der Waals surface area (Å²) in [5, 5.41) is 4.32. The number of halogens is 1. The first-order valence-electron chi connectivity index (χ1n) is 4.12. The molecule has 62 valence electrons. The fraction of sp³-hybridized carbons (Fsp3) is 1.00. The SMILES string of the molecule is CNCCCCCCCBr. The highest BCUT2D eigenvalue weighted by atomic mass is 79.9. The minimum absolute atomic E-state index is 1.17. The molecule has 0 atom stereocenters. The number of alkyl halides is 1. The molecular weight excluding hydrogens is 190 g/mol. The predicted molar refractivity (Wildman–Crippen MR) is 50.8 cm³/mol. The Labute approximate surface area is 72.7 Å². The molecule has 1 N–H and O–H groups in total. The Hall–Kier alpha value is 0.440. The maximum absolute atomic E-state index is 3.42. The third-order valence-corrected chi connectivity index (χ3v) is 2.12. The largest absolute Gasteiger partial charge is 0.320 e. The van der Waals surface area contributed by atoms with E-state index in [0.717, 1.165) is 0 Å². The van der Waals surface area contributed by atoms with Crippen LogP contribution in [0.25, 0.3) is 0 Å². The van der Waals surface area contributed by atoms with Crippen LogP contribution in [0, 0.1) is 0 Å². The number of rotatable bonds is 7. The molecule has 0 aromatic rings. The van der Waals surface area contributed by atoms with Gasteiger partial charge < -0.3 is 5.32 Å². The minimum Gasteiger partial charge on any atom is -0.320 e. The van der Waals surface area contributed by atoms with Crippen molar-refractivity contribution in [2.24, 2.45) is 0 Å². The van der Waals surface area contributed by atoms with Crippen LogP contribution in [0.3, 0.4) is 0 Å². The van der Waals surface area contributed by atoms with Gasteiger partial charge in [0.05, 0.1) is 0 Å². The van der Waals surface area contributed by atoms with Crippen LogP contribution in [-0.2, 0) is 0 Å². The second-order valence-corrected chi connectivity index (χ2v) is 3.35. The Bertz CT molecular complexity index is 49.2. The van der Waals surface area contributed by atoms with Gasteiger partial charge >= 0.3 is 0 Å². The fourth-order valence-corrected chi connectivity index (χ4v) is 1.32. The normalized spacial score (nSPS) is 10.2. The quantitative estimate of drug-likeness (QED) is 0.500. The lowest BCUT2D eigenvalue weighted by Gasteiger charge is -1.98. The number of hydrogen-bond acceptors (Lipinski definition) is 1. The summed E-state index contributed by atoms with van der Waals surface area (Å²) in [7, 11) is 2.01. The van der Waals surface area contributed by atoms with Crippen LogP contribution in [0.2, 0.25) is 0 Å². The molecule has 0 radical (unpaired) electrons. The maximum Gasteiger partial charge on any atom is 0.00313 e. The zero-order valence-electron chi connectivity index (χ0n) is 6.83. The van der Waals surface area contributed by atoms with Crippen molar-refractivity contribution < 1.29 is 0 Å². The standard InChI is InChI=1S/C8H18BrN/c1-10-8-6-4-2-3-5-7-9/h10H,2-8H2,1H3. The smallest absolute Gasteiger partial charge is 0.00313 e. The molecule has 0 unspecified atom stereocenters. The van der Waals surface area contributed by atoms with Crippen LogP contribution in [0.5, 0.6) is 0 Å². The van der Waals surface area contributed by atoms with E-state index in [0.29, 0.717) is 0 Å². The molecule has 0 spiro atoms. The lowest BCUT2D eigenvalue weighted by atomic mass is 10.1. The van der Waals surface area contributed by atoms with E-state index < -0.39 is 0 Å². The fourth-order valence-electron chi connectivity index (χ4n) is 0.927. The number of hydrogen-bond donors (Lipinski definition) is 1. The molecule has 0 saturated heterocycles. The van der Waals surface area contributed by atoms with E-state index in [-0.39, 0.29) is 0 Å². The summed E-state index contributed by atoms with van der Waals surface area (Å²) in [6, 6.07) is 0. The molecule has 0 rings (SSSR count). The van der Waals surface area contributed by atoms with Crippen molar-refractivity contribution in [2.75, 3.05) is 18.9 Å². The third-order valence-electron chi connectivity index (χ3n) is 1.56. The molecule has 0 amide bonds. The molecule has 0 aromatic carbocycles. The molecule has 0 bridgehead atoms. The van der Waals surface area contributed by atoms with Crippen molar-refractivity contribution >= 4 is 15.9 Å². The van der Waals surface area contributed by atoms with Gasteiger partial charge in [0.25, 0.3) is 0 Å². The second kappa shape index (κ2) is 9.44. The van der Waals surface area contributed by atoms with Crippen molar-refractivity contribution in [3.05, 3.63) is 0 Å². The topological polar surface area (TPSA) is 12.0 Å². The number of unbranched alkanes of at least 4 members (excludes halogenated alkanes) is 4. The summed E-state index contributed by atoms with van der Waals surface area (Å²) >= 11 is 3.42. The van der Waals surface area contributed by atoms with Crippen molar-refractivity contribution in [1.82, 2.24) is 5.32 Å². The van der Waals surface area contributed by atoms with Crippen molar-refractivity contribution in [3.8, 4) is 0 Å². The number of nitrogens with one attached hydrogen (secondary N) is 1. The van der Waals surface area contributed by atoms with Crippen LogP contribution in [-0.4, -0.2) is 18.9 Å². The van der Waals surface area contributed by atoms with Gasteiger partial charge in [-0.25, -0.2) is 0 Å². The lowest BCUT2D eigenvalue weighted by Crippen LogP contribution is -2.06. The van der Waals surface area contributed by atoms with E-state index in [1.165, 1.54) is 44.0 Å². The molecule has 0 aromatic heterocycles. The predicted octanol–water partition coefficient (Wildman–Crippen LogP) is 2.55. The third kappa shape index (κ3) is 8.44. The van der Waals surface area contributed by atoms with Crippen molar-refractivity contribution in [3.63, 3.8) is 0 Å². The minimum atomic E-state index is 1.17. The van der Waals surface area contributed by atoms with Gasteiger partial charge in [-0.3, -0.25) is 0 Å². The first kappa shape index (κ1) is 10.4. The molecule has 10 heavy (non-hydrogen) atoms. The van der Waals surface area contributed by atoms with E-state index in [9.17, 15) is 0 Å². The first-order chi connectivity index (χ1) is 4.91. The maximum atomic E-state index is 3.42. The van der Waals surface area contributed by atoms with Gasteiger partial charge in [0.15, 0.2) is 0 Å². The highest BCUT2D eigenvalue weighted by Gasteiger charge is 1.87. The highest BCUT2D eigenvalue weighted by molar-refractivity contribution is 9.09. The van der Waals surface area contributed by atoms with Gasteiger partial charge in [-0.2, -0.15) is 0 Å². The van der Waals surface area contributed by atoms with E-state index in [4.69, 9.17) is 0 Å². The van der Waals surface area contributed by atoms with E-state index in [1.54, 1.807) is 0 Å². The van der Waals surface area contributed by atoms with Crippen LogP contribution >= 0.6 is 15.9 Å². The Morgan fingerprint density at radius 3 is 2.20 bits per heavy atom. The van der Waals surface area contributed by atoms with E-state index in [2.05, 4.69) is 21.2 Å². The summed E-state index contributed by atoms with van der Waals surface area (Å²) < 4.78 is 0. The van der Waals surface area contributed by atoms with Crippen LogP contribution in [0.1, 0.15) is 32.1 Å². The van der Waals surface area contributed by atoms with Gasteiger partial charge in [0, 0.05) is 5.33 Å². The highest BCUT2D eigenvalue weighted by Crippen LogP contribution is 2.03. The average Bonchev–Trinajstić information content (AvgIpc) is 1.97. The Morgan fingerprint density at radius 2 is 1.60 bits per heavy atom. The first-order valence-corrected chi connectivity index (χ1v) is 5.24. The zero-order chi connectivity index (χ0) is 7.66. The van der Waals surface area contributed by atoms with E-state index in [1.807, 2.05) is 7.05 Å². The Kier molecular flexibility index (Phi) is 9.86. The van der Waals surface area contributed by atoms with Crippen LogP contribution in [0.15, 0.2) is 0 Å². The lowest BCUT2D eigenvalue weighted by molar-refractivity contribution is 0.613. The summed E-state index contributed by atoms with van der Waals surface area (Å²) in [5.74, 6) is 0. The second-order valence-electron chi connectivity index (χ2n) is 2.56. The summed E-state index contributed by atoms with van der Waals surface area (Å²) in [6.07, 6.45) is 6.83. The summed E-state index contributed by atoms with van der Waals surface area (Å²) in [5.41, 5.74) is 0. The molecule has 0 fully saturated rings. The Morgan fingerprint density at radius 1 is 1.00 bits per heavy atom. The summed E-state index contributed by atoms with van der Waals surface area (Å²) in [4.78, 5) is 0. The van der Waals surface area contributed by atoms with Crippen LogP contribution in [0.4, 0.5) is 0 Å². The van der Waals surface area contributed by atoms with Gasteiger partial charge in [-0.1, -0.05) is 35.2 Å². The molecule has 0 aliphatic heterocycles. The summed E-state index contributed by atoms with van der Waals surface area (Å²) in [6.45, 7) is 1.17. The van der Waals surface area contributed by atoms with E-state index >= 15 is 0 Å². The van der Waals surface area contributed by atoms with Gasteiger partial charge in [-0.15, -0.1) is 0 Å². The van der Waals surface area contributed by atoms with Crippen molar-refractivity contribution in [1.29, 1.82) is 0 Å². The van der Waals surface area contributed by atoms with Crippen molar-refractivity contribution in [2.45, 2.75) is 32.1 Å². The zero-order valence-corrected chi connectivity index (χ0v) is 8.41. The molecule has 0 heterocycles. The molecule has 0 aliphatic rings.